The van der Waals surface area contributed by atoms with Crippen LogP contribution in [0.15, 0.2) is 36.4 Å². The summed E-state index contributed by atoms with van der Waals surface area (Å²) in [5, 5.41) is 17.5. The Labute approximate surface area is 120 Å². The van der Waals surface area contributed by atoms with Crippen LogP contribution in [-0.2, 0) is 0 Å². The van der Waals surface area contributed by atoms with Crippen molar-refractivity contribution in [1.82, 2.24) is 15.0 Å². The average Bonchev–Trinajstić information content (AvgIpc) is 2.90. The first kappa shape index (κ1) is 13.1. The Hall–Kier alpha value is -2.89. The number of fused-ring (bicyclic) bond motifs is 1. The molecule has 0 aliphatic heterocycles. The van der Waals surface area contributed by atoms with Gasteiger partial charge >= 0.3 is 5.97 Å². The number of aromatic nitrogens is 3. The molecule has 21 heavy (non-hydrogen) atoms. The number of carboxylic acids is 1. The van der Waals surface area contributed by atoms with Crippen LogP contribution < -0.4 is 4.74 Å². The van der Waals surface area contributed by atoms with E-state index in [1.165, 1.54) is 10.7 Å². The Morgan fingerprint density at radius 2 is 2.10 bits per heavy atom. The van der Waals surface area contributed by atoms with Gasteiger partial charge in [0, 0.05) is 0 Å². The van der Waals surface area contributed by atoms with E-state index in [4.69, 9.17) is 4.74 Å². The summed E-state index contributed by atoms with van der Waals surface area (Å²) in [5.74, 6) is -0.414. The monoisotopic (exact) mass is 283 g/mol. The Morgan fingerprint density at radius 3 is 2.81 bits per heavy atom. The van der Waals surface area contributed by atoms with Crippen LogP contribution in [0.3, 0.4) is 0 Å². The quantitative estimate of drug-likeness (QED) is 0.798. The third-order valence-corrected chi connectivity index (χ3v) is 3.26. The zero-order valence-corrected chi connectivity index (χ0v) is 11.6. The predicted molar refractivity (Wildman–Crippen MR) is 77.1 cm³/mol. The second kappa shape index (κ2) is 4.90. The van der Waals surface area contributed by atoms with E-state index >= 15 is 0 Å². The Balaban J connectivity index is 2.36. The molecule has 3 rings (SSSR count). The molecule has 2 aromatic carbocycles. The van der Waals surface area contributed by atoms with Crippen LogP contribution in [0.25, 0.3) is 16.7 Å². The molecule has 6 heteroatoms. The summed E-state index contributed by atoms with van der Waals surface area (Å²) in [7, 11) is 1.56. The van der Waals surface area contributed by atoms with Crippen molar-refractivity contribution in [2.75, 3.05) is 7.11 Å². The molecule has 0 atom stereocenters. The fourth-order valence-corrected chi connectivity index (χ4v) is 2.28. The largest absolute Gasteiger partial charge is 0.494 e. The van der Waals surface area contributed by atoms with E-state index in [1.807, 2.05) is 25.1 Å². The van der Waals surface area contributed by atoms with Crippen LogP contribution >= 0.6 is 0 Å². The fraction of sp³-hybridized carbons (Fsp3) is 0.133. The number of carbonyl (C=O) groups is 1. The summed E-state index contributed by atoms with van der Waals surface area (Å²) in [5.41, 5.74) is 2.81. The number of benzene rings is 2. The Bertz CT molecular complexity index is 839. The van der Waals surface area contributed by atoms with E-state index in [9.17, 15) is 9.90 Å². The van der Waals surface area contributed by atoms with Crippen molar-refractivity contribution in [3.8, 4) is 11.4 Å². The van der Waals surface area contributed by atoms with Gasteiger partial charge in [0.25, 0.3) is 0 Å². The molecule has 0 spiro atoms. The minimum Gasteiger partial charge on any atom is -0.494 e. The normalized spacial score (nSPS) is 10.8. The van der Waals surface area contributed by atoms with Crippen molar-refractivity contribution in [2.45, 2.75) is 6.92 Å². The summed E-state index contributed by atoms with van der Waals surface area (Å²) >= 11 is 0. The van der Waals surface area contributed by atoms with Crippen molar-refractivity contribution >= 4 is 17.0 Å². The van der Waals surface area contributed by atoms with E-state index in [0.29, 0.717) is 22.5 Å². The van der Waals surface area contributed by atoms with E-state index in [2.05, 4.69) is 10.3 Å². The number of nitrogens with zero attached hydrogens (tertiary/aromatic N) is 3. The molecule has 0 radical (unpaired) electrons. The molecule has 3 aromatic rings. The van der Waals surface area contributed by atoms with E-state index in [-0.39, 0.29) is 5.56 Å². The summed E-state index contributed by atoms with van der Waals surface area (Å²) in [6, 6.07) is 10.5. The average molecular weight is 283 g/mol. The van der Waals surface area contributed by atoms with Crippen molar-refractivity contribution in [3.05, 3.63) is 47.5 Å². The van der Waals surface area contributed by atoms with Crippen LogP contribution in [0.4, 0.5) is 0 Å². The molecule has 0 fully saturated rings. The maximum absolute atomic E-state index is 11.4. The fourth-order valence-electron chi connectivity index (χ4n) is 2.28. The second-order valence-corrected chi connectivity index (χ2v) is 4.66. The molecule has 0 saturated carbocycles. The summed E-state index contributed by atoms with van der Waals surface area (Å²) in [4.78, 5) is 11.4. The molecule has 0 amide bonds. The van der Waals surface area contributed by atoms with Gasteiger partial charge in [-0.2, -0.15) is 0 Å². The van der Waals surface area contributed by atoms with Crippen LogP contribution in [0.1, 0.15) is 15.9 Å². The van der Waals surface area contributed by atoms with E-state index in [0.717, 1.165) is 5.56 Å². The van der Waals surface area contributed by atoms with Crippen LogP contribution in [0.5, 0.6) is 5.75 Å². The third kappa shape index (κ3) is 2.10. The van der Waals surface area contributed by atoms with E-state index < -0.39 is 5.97 Å². The number of hydrogen-bond donors (Lipinski definition) is 1. The lowest BCUT2D eigenvalue weighted by Gasteiger charge is -2.10. The lowest BCUT2D eigenvalue weighted by Crippen LogP contribution is -2.05. The van der Waals surface area contributed by atoms with Gasteiger partial charge in [0.15, 0.2) is 0 Å². The van der Waals surface area contributed by atoms with Gasteiger partial charge < -0.3 is 9.84 Å². The summed E-state index contributed by atoms with van der Waals surface area (Å²) in [6.07, 6.45) is 0. The molecule has 0 aliphatic rings. The van der Waals surface area contributed by atoms with Crippen molar-refractivity contribution in [2.24, 2.45) is 0 Å². The molecule has 1 aromatic heterocycles. The SMILES string of the molecule is COc1ccc(C)cc1-n1nnc2cccc(C(=O)O)c21. The summed E-state index contributed by atoms with van der Waals surface area (Å²) in [6.45, 7) is 1.94. The van der Waals surface area contributed by atoms with Gasteiger partial charge in [-0.25, -0.2) is 9.48 Å². The number of aryl methyl sites for hydroxylation is 1. The minimum atomic E-state index is -1.02. The second-order valence-electron chi connectivity index (χ2n) is 4.66. The molecule has 0 bridgehead atoms. The highest BCUT2D eigenvalue weighted by atomic mass is 16.5. The number of ether oxygens (including phenoxy) is 1. The molecule has 106 valence electrons. The zero-order valence-electron chi connectivity index (χ0n) is 11.6. The minimum absolute atomic E-state index is 0.154. The van der Waals surface area contributed by atoms with Gasteiger partial charge in [-0.3, -0.25) is 0 Å². The number of methoxy groups -OCH3 is 1. The first-order valence-corrected chi connectivity index (χ1v) is 6.34. The number of carboxylic acid groups (broad SMARTS) is 1. The van der Waals surface area contributed by atoms with Gasteiger partial charge in [-0.15, -0.1) is 5.10 Å². The number of aromatic carboxylic acids is 1. The topological polar surface area (TPSA) is 77.2 Å². The van der Waals surface area contributed by atoms with Gasteiger partial charge in [0.2, 0.25) is 0 Å². The molecular formula is C15H13N3O3. The molecule has 6 nitrogen and oxygen atoms in total. The smallest absolute Gasteiger partial charge is 0.337 e. The Morgan fingerprint density at radius 1 is 1.29 bits per heavy atom. The van der Waals surface area contributed by atoms with Gasteiger partial charge in [0.1, 0.15) is 22.5 Å². The maximum Gasteiger partial charge on any atom is 0.337 e. The van der Waals surface area contributed by atoms with Crippen LogP contribution in [-0.4, -0.2) is 33.2 Å². The lowest BCUT2D eigenvalue weighted by molar-refractivity contribution is 0.0698. The standard InChI is InChI=1S/C15H13N3O3/c1-9-6-7-13(21-2)12(8-9)18-14-10(15(19)20)4-3-5-11(14)16-17-18/h3-8H,1-2H3,(H,19,20). The predicted octanol–water partition coefficient (Wildman–Crippen LogP) is 2.44. The van der Waals surface area contributed by atoms with Crippen molar-refractivity contribution in [3.63, 3.8) is 0 Å². The molecular weight excluding hydrogens is 270 g/mol. The first-order valence-electron chi connectivity index (χ1n) is 6.34. The number of hydrogen-bond acceptors (Lipinski definition) is 4. The highest BCUT2D eigenvalue weighted by Crippen LogP contribution is 2.27. The highest BCUT2D eigenvalue weighted by Gasteiger charge is 2.17. The van der Waals surface area contributed by atoms with Gasteiger partial charge in [0.05, 0.1) is 12.7 Å². The molecule has 0 saturated heterocycles. The molecule has 0 unspecified atom stereocenters. The zero-order chi connectivity index (χ0) is 15.0. The highest BCUT2D eigenvalue weighted by molar-refractivity contribution is 6.01. The van der Waals surface area contributed by atoms with Crippen molar-refractivity contribution in [1.29, 1.82) is 0 Å². The summed E-state index contributed by atoms with van der Waals surface area (Å²) < 4.78 is 6.84. The van der Waals surface area contributed by atoms with Crippen molar-refractivity contribution < 1.29 is 14.6 Å². The number of rotatable bonds is 3. The maximum atomic E-state index is 11.4. The Kier molecular flexibility index (Phi) is 3.06. The molecule has 1 heterocycles. The van der Waals surface area contributed by atoms with Crippen LogP contribution in [0, 0.1) is 6.92 Å². The van der Waals surface area contributed by atoms with Gasteiger partial charge in [-0.05, 0) is 36.8 Å². The molecule has 0 aliphatic carbocycles. The van der Waals surface area contributed by atoms with Crippen LogP contribution in [0.2, 0.25) is 0 Å². The van der Waals surface area contributed by atoms with Gasteiger partial charge in [-0.1, -0.05) is 17.3 Å². The molecule has 1 N–H and O–H groups in total. The third-order valence-electron chi connectivity index (χ3n) is 3.26. The number of para-hydroxylation sites is 1. The first-order chi connectivity index (χ1) is 10.1. The lowest BCUT2D eigenvalue weighted by atomic mass is 10.1. The van der Waals surface area contributed by atoms with E-state index in [1.54, 1.807) is 19.2 Å².